The minimum Gasteiger partial charge on any atom is -0.457 e. The van der Waals surface area contributed by atoms with Gasteiger partial charge in [0.1, 0.15) is 23.1 Å². The Kier molecular flexibility index (Phi) is 7.46. The van der Waals surface area contributed by atoms with Gasteiger partial charge in [0, 0.05) is 11.7 Å². The Morgan fingerprint density at radius 1 is 0.886 bits per heavy atom. The first-order valence-corrected chi connectivity index (χ1v) is 15.6. The molecule has 6 atom stereocenters. The first-order valence-electron chi connectivity index (χ1n) is 15.6. The minimum absolute atomic E-state index is 0.0752. The molecule has 44 heavy (non-hydrogen) atoms. The summed E-state index contributed by atoms with van der Waals surface area (Å²) >= 11 is 0. The topological polar surface area (TPSA) is 97.0 Å². The van der Waals surface area contributed by atoms with Crippen LogP contribution in [0.5, 0.6) is 11.5 Å². The summed E-state index contributed by atoms with van der Waals surface area (Å²) in [5, 5.41) is 6.25. The summed E-state index contributed by atoms with van der Waals surface area (Å²) in [6, 6.07) is 25.1. The zero-order valence-corrected chi connectivity index (χ0v) is 24.7. The van der Waals surface area contributed by atoms with Gasteiger partial charge < -0.3 is 25.0 Å². The molecular formula is C36H37N3O5. The number of fused-ring (bicyclic) bond motifs is 1. The van der Waals surface area contributed by atoms with Gasteiger partial charge in [0.25, 0.3) is 0 Å². The molecule has 2 N–H and O–H groups in total. The Morgan fingerprint density at radius 2 is 1.55 bits per heavy atom. The molecular weight excluding hydrogens is 554 g/mol. The molecule has 1 saturated carbocycles. The maximum Gasteiger partial charge on any atom is 0.246 e. The van der Waals surface area contributed by atoms with Crippen molar-refractivity contribution in [3.8, 4) is 11.5 Å². The lowest BCUT2D eigenvalue weighted by Crippen LogP contribution is -2.56. The number of para-hydroxylation sites is 1. The maximum atomic E-state index is 14.4. The molecule has 0 aromatic heterocycles. The van der Waals surface area contributed by atoms with Crippen LogP contribution in [0.3, 0.4) is 0 Å². The number of carbonyl (C=O) groups is 3. The van der Waals surface area contributed by atoms with Crippen LogP contribution in [0.15, 0.2) is 97.1 Å². The molecule has 8 heteroatoms. The van der Waals surface area contributed by atoms with E-state index in [1.165, 1.54) is 6.42 Å². The number of likely N-dealkylation sites (tertiary alicyclic amines) is 1. The minimum atomic E-state index is -1.21. The van der Waals surface area contributed by atoms with Crippen LogP contribution >= 0.6 is 0 Å². The summed E-state index contributed by atoms with van der Waals surface area (Å²) in [6.45, 7) is 1.94. The van der Waals surface area contributed by atoms with Gasteiger partial charge in [-0.2, -0.15) is 0 Å². The summed E-state index contributed by atoms with van der Waals surface area (Å²) in [4.78, 5) is 44.1. The zero-order chi connectivity index (χ0) is 30.3. The molecule has 7 rings (SSSR count). The first-order chi connectivity index (χ1) is 21.4. The third kappa shape index (κ3) is 4.97. The molecule has 2 bridgehead atoms. The van der Waals surface area contributed by atoms with Crippen LogP contribution < -0.4 is 15.4 Å². The van der Waals surface area contributed by atoms with Gasteiger partial charge in [0.2, 0.25) is 17.7 Å². The molecule has 3 aromatic carbocycles. The van der Waals surface area contributed by atoms with Gasteiger partial charge in [-0.05, 0) is 61.7 Å². The smallest absolute Gasteiger partial charge is 0.246 e. The second-order valence-electron chi connectivity index (χ2n) is 12.3. The van der Waals surface area contributed by atoms with E-state index in [0.29, 0.717) is 11.4 Å². The molecule has 4 unspecified atom stereocenters. The van der Waals surface area contributed by atoms with Gasteiger partial charge in [0.05, 0.1) is 24.0 Å². The van der Waals surface area contributed by atoms with Crippen molar-refractivity contribution in [2.75, 3.05) is 5.32 Å². The SMILES string of the molecule is CC(c1ccccc1)N1C(=O)[C@H]2C(C(=O)Nc3ccc(Oc4ccccc4)cc3)[C@H]3C=CC2(O3)C1C(=O)NC1CCCCC1. The highest BCUT2D eigenvalue weighted by Crippen LogP contribution is 2.56. The van der Waals surface area contributed by atoms with Crippen molar-refractivity contribution in [1.29, 1.82) is 0 Å². The van der Waals surface area contributed by atoms with Gasteiger partial charge in [0.15, 0.2) is 0 Å². The molecule has 3 heterocycles. The van der Waals surface area contributed by atoms with E-state index < -0.39 is 29.6 Å². The average Bonchev–Trinajstić information content (AvgIpc) is 3.70. The number of rotatable bonds is 8. The lowest BCUT2D eigenvalue weighted by Gasteiger charge is -2.37. The third-order valence-corrected chi connectivity index (χ3v) is 9.61. The molecule has 1 spiro atoms. The highest BCUT2D eigenvalue weighted by Gasteiger charge is 2.73. The Bertz CT molecular complexity index is 1550. The molecule has 3 aliphatic heterocycles. The van der Waals surface area contributed by atoms with E-state index in [9.17, 15) is 14.4 Å². The van der Waals surface area contributed by atoms with Crippen LogP contribution in [-0.2, 0) is 19.1 Å². The zero-order valence-electron chi connectivity index (χ0n) is 24.7. The van der Waals surface area contributed by atoms with E-state index in [4.69, 9.17) is 9.47 Å². The second-order valence-corrected chi connectivity index (χ2v) is 12.3. The lowest BCUT2D eigenvalue weighted by atomic mass is 9.74. The number of nitrogens with zero attached hydrogens (tertiary/aromatic N) is 1. The maximum absolute atomic E-state index is 14.4. The van der Waals surface area contributed by atoms with Crippen molar-refractivity contribution in [3.05, 3.63) is 103 Å². The number of amides is 3. The second kappa shape index (κ2) is 11.6. The highest BCUT2D eigenvalue weighted by molar-refractivity contribution is 6.03. The normalized spacial score (nSPS) is 28.0. The van der Waals surface area contributed by atoms with E-state index in [0.717, 1.165) is 37.0 Å². The number of anilines is 1. The quantitative estimate of drug-likeness (QED) is 0.324. The van der Waals surface area contributed by atoms with Crippen molar-refractivity contribution in [3.63, 3.8) is 0 Å². The van der Waals surface area contributed by atoms with Crippen LogP contribution in [0.1, 0.15) is 50.6 Å². The molecule has 8 nitrogen and oxygen atoms in total. The summed E-state index contributed by atoms with van der Waals surface area (Å²) in [7, 11) is 0. The predicted octanol–water partition coefficient (Wildman–Crippen LogP) is 5.78. The van der Waals surface area contributed by atoms with Gasteiger partial charge in [-0.25, -0.2) is 0 Å². The standard InChI is InChI=1S/C36H37N3O5/c1-23(24-11-5-2-6-12-24)39-32(34(41)38-25-13-7-3-8-14-25)36-22-21-29(44-36)30(31(36)35(39)42)33(40)37-26-17-19-28(20-18-26)43-27-15-9-4-10-16-27/h2,4-6,9-12,15-23,25,29-32H,3,7-8,13-14H2,1H3,(H,37,40)(H,38,41)/t23?,29-,30?,31-,32?,36?/m1/s1. The van der Waals surface area contributed by atoms with E-state index >= 15 is 0 Å². The fourth-order valence-corrected chi connectivity index (χ4v) is 7.50. The molecule has 3 aromatic rings. The largest absolute Gasteiger partial charge is 0.457 e. The van der Waals surface area contributed by atoms with Crippen molar-refractivity contribution >= 4 is 23.4 Å². The molecule has 3 fully saturated rings. The third-order valence-electron chi connectivity index (χ3n) is 9.61. The van der Waals surface area contributed by atoms with Gasteiger partial charge >= 0.3 is 0 Å². The fourth-order valence-electron chi connectivity index (χ4n) is 7.50. The van der Waals surface area contributed by atoms with Gasteiger partial charge in [-0.1, -0.05) is 79.9 Å². The molecule has 0 radical (unpaired) electrons. The number of ether oxygens (including phenoxy) is 2. The Balaban J connectivity index is 1.15. The van der Waals surface area contributed by atoms with E-state index in [1.807, 2.05) is 79.7 Å². The number of hydrogen-bond acceptors (Lipinski definition) is 5. The number of hydrogen-bond donors (Lipinski definition) is 2. The predicted molar refractivity (Wildman–Crippen MR) is 166 cm³/mol. The van der Waals surface area contributed by atoms with Gasteiger partial charge in [-0.3, -0.25) is 14.4 Å². The average molecular weight is 592 g/mol. The van der Waals surface area contributed by atoms with Crippen LogP contribution in [0.4, 0.5) is 5.69 Å². The van der Waals surface area contributed by atoms with Crippen molar-refractivity contribution in [1.82, 2.24) is 10.2 Å². The van der Waals surface area contributed by atoms with E-state index in [-0.39, 0.29) is 29.8 Å². The van der Waals surface area contributed by atoms with Crippen molar-refractivity contribution in [2.24, 2.45) is 11.8 Å². The number of benzene rings is 3. The van der Waals surface area contributed by atoms with Crippen molar-refractivity contribution < 1.29 is 23.9 Å². The summed E-state index contributed by atoms with van der Waals surface area (Å²) in [5.74, 6) is -0.979. The van der Waals surface area contributed by atoms with Crippen LogP contribution in [0.2, 0.25) is 0 Å². The van der Waals surface area contributed by atoms with Crippen LogP contribution in [0, 0.1) is 11.8 Å². The van der Waals surface area contributed by atoms with Crippen LogP contribution in [0.25, 0.3) is 0 Å². The Hall–Kier alpha value is -4.43. The first kappa shape index (κ1) is 28.3. The molecule has 4 aliphatic rings. The lowest BCUT2D eigenvalue weighted by molar-refractivity contribution is -0.143. The highest BCUT2D eigenvalue weighted by atomic mass is 16.5. The fraction of sp³-hybridized carbons (Fsp3) is 0.361. The van der Waals surface area contributed by atoms with Crippen molar-refractivity contribution in [2.45, 2.75) is 68.9 Å². The Labute approximate surface area is 257 Å². The number of carbonyl (C=O) groups excluding carboxylic acids is 3. The molecule has 3 amide bonds. The molecule has 2 saturated heterocycles. The summed E-state index contributed by atoms with van der Waals surface area (Å²) < 4.78 is 12.4. The molecule has 1 aliphatic carbocycles. The molecule has 226 valence electrons. The summed E-state index contributed by atoms with van der Waals surface area (Å²) in [5.41, 5.74) is 0.298. The van der Waals surface area contributed by atoms with E-state index in [2.05, 4.69) is 10.6 Å². The van der Waals surface area contributed by atoms with Crippen LogP contribution in [-0.4, -0.2) is 46.4 Å². The van der Waals surface area contributed by atoms with E-state index in [1.54, 1.807) is 29.2 Å². The summed E-state index contributed by atoms with van der Waals surface area (Å²) in [6.07, 6.45) is 8.30. The number of nitrogens with one attached hydrogen (secondary N) is 2. The van der Waals surface area contributed by atoms with Gasteiger partial charge in [-0.15, -0.1) is 0 Å². The monoisotopic (exact) mass is 591 g/mol. The Morgan fingerprint density at radius 3 is 2.25 bits per heavy atom.